The van der Waals surface area contributed by atoms with Crippen LogP contribution in [-0.4, -0.2) is 221 Å². The largest absolute Gasteiger partial charge is 0.488 e. The van der Waals surface area contributed by atoms with E-state index < -0.39 is 36.5 Å². The summed E-state index contributed by atoms with van der Waals surface area (Å²) in [6, 6.07) is 58.7. The summed E-state index contributed by atoms with van der Waals surface area (Å²) in [5, 5.41) is 40.0. The first-order chi connectivity index (χ1) is 70.0. The van der Waals surface area contributed by atoms with Crippen molar-refractivity contribution in [2.75, 3.05) is 111 Å². The molecular weight excluding hydrogens is 2100 g/mol. The number of fused-ring (bicyclic) bond motifs is 4. The highest BCUT2D eigenvalue weighted by Gasteiger charge is 2.27. The Morgan fingerprint density at radius 3 is 1.06 bits per heavy atom. The van der Waals surface area contributed by atoms with Gasteiger partial charge in [0, 0.05) is 138 Å². The number of ether oxygens (including phenoxy) is 6. The maximum Gasteiger partial charge on any atom is 0.488 e. The van der Waals surface area contributed by atoms with Gasteiger partial charge in [0.1, 0.15) is 34.2 Å². The molecule has 0 atom stereocenters. The summed E-state index contributed by atoms with van der Waals surface area (Å²) < 4.78 is 55.3. The van der Waals surface area contributed by atoms with Crippen LogP contribution in [0.4, 0.5) is 9.59 Å². The van der Waals surface area contributed by atoms with Crippen LogP contribution in [0.2, 0.25) is 20.1 Å². The molecule has 8 N–H and O–H groups in total. The van der Waals surface area contributed by atoms with Gasteiger partial charge < -0.3 is 103 Å². The number of carbonyl (C=O) groups excluding carboxylic acids is 7. The number of nitrogens with zero attached hydrogens (tertiary/aromatic N) is 6. The van der Waals surface area contributed by atoms with E-state index in [9.17, 15) is 38.4 Å². The molecule has 6 aromatic heterocycles. The zero-order valence-corrected chi connectivity index (χ0v) is 88.0. The number of nitrogens with one attached hydrogen (secondary N) is 3. The molecule has 0 radical (unpaired) electrons. The van der Waals surface area contributed by atoms with Crippen molar-refractivity contribution in [1.29, 1.82) is 0 Å². The molecule has 0 aliphatic carbocycles. The van der Waals surface area contributed by atoms with Crippen molar-refractivity contribution in [3.8, 4) is 33.4 Å². The van der Waals surface area contributed by atoms with Crippen LogP contribution in [0, 0.1) is 0 Å². The highest BCUT2D eigenvalue weighted by molar-refractivity contribution is 9.10. The fraction of sp³-hybridized carbons (Fsp3) is 0.271. The lowest BCUT2D eigenvalue weighted by Gasteiger charge is -2.26. The van der Waals surface area contributed by atoms with E-state index >= 15 is 0 Å². The van der Waals surface area contributed by atoms with Crippen LogP contribution in [0.15, 0.2) is 253 Å². The number of pyridine rings is 2. The standard InChI is InChI=1S/C28H24ClN3O4.C25H27ClN2O5.C20H19ClN2O3.C14H15BrClNO3.C11H14BNO4.C8H7NO2.CH2Cl2.ClH/c29-25-17-22(20-2-4-21(5-3-20)28(34)32-11-13-35-14-12-32)15-23-16-24(36-27(23)25)18-31-26(33)6-1-19-7-9-30-10-8-19;1-25(2,3)33-24(30)27-15-20-13-19-12-18(14-21(26)22(19)32-20)16-4-6-17(7-5-16)23(29)28-8-10-31-11-9-28;21-18-11-15(9-16-10-17(12-22)26-19(16)18)13-1-3-14(4-2-13)20(24)23-5-7-25-8-6-23;1-14(2,3)20-13(18)17-7-10-5-8-4-9(15)6-11(16)12(8)19-10;14-11(13-5-7-17-8-6-13)9-1-3-10(4-2-9)12(15)16;10-8(11)4-3-7-2-1-5-9-6-7;2-1-3;/h1-10,15-17H,11-14,18H2,(H,31,33);4-7,12-14H,8-11,15H2,1-3H3,(H,27,30);1-4,9-11H,5-8,12,22H2;4-6H,7H2,1-3H3,(H,17,18);1-4,15-16H,5-8H2;1-6H,(H,10,11);1H2;1H/b6-1+;;;;;4-3+;;. The number of nitrogens with two attached hydrogens (primary N) is 1. The Morgan fingerprint density at radius 2 is 0.735 bits per heavy atom. The number of carbonyl (C=O) groups is 8. The molecule has 14 aromatic rings. The Hall–Kier alpha value is -12.6. The SMILES string of the molecule is CC(C)(C)OC(=O)NCc1cc2cc(-c3ccc(C(=O)N4CCOCC4)cc3)cc(Cl)c2o1.CC(C)(C)OC(=O)NCc1cc2cc(Br)cc(Cl)c2o1.Cl.ClCCl.NCc1cc2cc(-c3ccc(C(=O)N4CCOCC4)cc3)cc(Cl)c2o1.O=C(/C=C/c1ccncc1)NCc1cc2cc(-c3ccc(C(=O)N4CCOCC4)cc3)cc(Cl)c2o1.O=C(O)/C=C/c1cccnc1.O=C(c1ccc(B(O)O)cc1)N1CCOCC1. The lowest BCUT2D eigenvalue weighted by atomic mass is 9.80. The highest BCUT2D eigenvalue weighted by Crippen LogP contribution is 2.38. The van der Waals surface area contributed by atoms with E-state index in [0.29, 0.717) is 205 Å². The molecule has 4 saturated heterocycles. The molecule has 0 bridgehead atoms. The first-order valence-electron chi connectivity index (χ1n) is 46.3. The quantitative estimate of drug-likeness (QED) is 0.0225. The molecule has 18 rings (SSSR count). The summed E-state index contributed by atoms with van der Waals surface area (Å²) in [5.41, 5.74) is 17.2. The van der Waals surface area contributed by atoms with Crippen molar-refractivity contribution in [2.45, 2.75) is 78.9 Å². The van der Waals surface area contributed by atoms with Crippen molar-refractivity contribution < 1.29 is 99.6 Å². The van der Waals surface area contributed by atoms with Gasteiger partial charge in [0.25, 0.3) is 23.6 Å². The number of furan rings is 4. The zero-order chi connectivity index (χ0) is 105. The van der Waals surface area contributed by atoms with Gasteiger partial charge in [0.15, 0.2) is 22.3 Å². The zero-order valence-electron chi connectivity index (χ0n) is 81.0. The average Bonchev–Trinajstić information content (AvgIpc) is 1.66. The number of halogens is 8. The van der Waals surface area contributed by atoms with Gasteiger partial charge in [-0.05, 0) is 243 Å². The molecule has 0 spiro atoms. The first kappa shape index (κ1) is 115. The summed E-state index contributed by atoms with van der Waals surface area (Å²) in [5.74, 6) is 1.31. The van der Waals surface area contributed by atoms with E-state index in [1.54, 1.807) is 104 Å². The molecule has 0 saturated carbocycles. The van der Waals surface area contributed by atoms with Gasteiger partial charge in [-0.1, -0.05) is 117 Å². The lowest BCUT2D eigenvalue weighted by molar-refractivity contribution is -0.131. The minimum atomic E-state index is -1.50. The van der Waals surface area contributed by atoms with Crippen molar-refractivity contribution >= 4 is 214 Å². The smallest absolute Gasteiger partial charge is 0.478 e. The summed E-state index contributed by atoms with van der Waals surface area (Å²) in [6.45, 7) is 21.4. The number of carboxylic acid groups (broad SMARTS) is 1. The number of carboxylic acids is 1. The topological polar surface area (TPSA) is 406 Å². The molecule has 772 valence electrons. The maximum absolute atomic E-state index is 12.7. The van der Waals surface area contributed by atoms with Crippen LogP contribution in [0.3, 0.4) is 0 Å². The molecule has 4 aliphatic rings. The van der Waals surface area contributed by atoms with E-state index in [0.717, 1.165) is 76.6 Å². The van der Waals surface area contributed by atoms with E-state index in [2.05, 4.69) is 41.8 Å². The molecule has 7 amide bonds. The first-order valence-corrected chi connectivity index (χ1v) is 49.6. The molecule has 4 aliphatic heterocycles. The van der Waals surface area contributed by atoms with Gasteiger partial charge >= 0.3 is 25.3 Å². The molecule has 31 nitrogen and oxygen atoms in total. The van der Waals surface area contributed by atoms with Crippen LogP contribution >= 0.6 is 97.9 Å². The van der Waals surface area contributed by atoms with Crippen LogP contribution in [-0.2, 0) is 64.2 Å². The average molecular weight is 2210 g/mol. The summed E-state index contributed by atoms with van der Waals surface area (Å²) in [7, 11) is -1.50. The van der Waals surface area contributed by atoms with Gasteiger partial charge in [-0.15, -0.1) is 35.6 Å². The maximum atomic E-state index is 12.7. The van der Waals surface area contributed by atoms with E-state index in [1.165, 1.54) is 12.2 Å². The summed E-state index contributed by atoms with van der Waals surface area (Å²) in [4.78, 5) is 111. The van der Waals surface area contributed by atoms with Crippen molar-refractivity contribution in [3.63, 3.8) is 0 Å². The number of hydrogen-bond acceptors (Lipinski definition) is 23. The number of amides is 7. The summed E-state index contributed by atoms with van der Waals surface area (Å²) >= 11 is 38.3. The van der Waals surface area contributed by atoms with Crippen LogP contribution in [0.25, 0.3) is 89.4 Å². The second-order valence-electron chi connectivity index (χ2n) is 34.9. The van der Waals surface area contributed by atoms with Gasteiger partial charge in [0.2, 0.25) is 5.91 Å². The number of alkyl halides is 2. The molecule has 147 heavy (non-hydrogen) atoms. The molecule has 0 unspecified atom stereocenters. The Bertz CT molecular complexity index is 6850. The Labute approximate surface area is 893 Å². The Balaban J connectivity index is 0.000000172. The minimum absolute atomic E-state index is 0. The van der Waals surface area contributed by atoms with Gasteiger partial charge in [-0.25, -0.2) is 14.4 Å². The monoisotopic (exact) mass is 2200 g/mol. The number of rotatable bonds is 19. The fourth-order valence-corrected chi connectivity index (χ4v) is 16.6. The third kappa shape index (κ3) is 35.0. The third-order valence-electron chi connectivity index (χ3n) is 22.0. The van der Waals surface area contributed by atoms with E-state index in [1.807, 2.05) is 182 Å². The predicted octanol–water partition coefficient (Wildman–Crippen LogP) is 20.6. The van der Waals surface area contributed by atoms with Gasteiger partial charge in [-0.2, -0.15) is 0 Å². The van der Waals surface area contributed by atoms with E-state index in [4.69, 9.17) is 137 Å². The van der Waals surface area contributed by atoms with Crippen LogP contribution < -0.4 is 27.1 Å². The predicted molar refractivity (Wildman–Crippen MR) is 576 cm³/mol. The molecule has 4 fully saturated rings. The van der Waals surface area contributed by atoms with Crippen molar-refractivity contribution in [3.05, 3.63) is 312 Å². The number of aliphatic carboxylic acids is 1. The normalized spacial score (nSPS) is 13.5. The van der Waals surface area contributed by atoms with Gasteiger partial charge in [0.05, 0.1) is 104 Å². The lowest BCUT2D eigenvalue weighted by Crippen LogP contribution is -2.40. The fourth-order valence-electron chi connectivity index (χ4n) is 15.0. The molecular formula is C107H109BBrCl7N10O21. The van der Waals surface area contributed by atoms with Crippen molar-refractivity contribution in [1.82, 2.24) is 45.5 Å². The summed E-state index contributed by atoms with van der Waals surface area (Å²) in [6.07, 6.45) is 11.3. The Morgan fingerprint density at radius 1 is 0.415 bits per heavy atom. The number of hydrogen-bond donors (Lipinski definition) is 7. The van der Waals surface area contributed by atoms with Crippen LogP contribution in [0.1, 0.15) is 117 Å². The molecule has 40 heteroatoms. The molecule has 8 aromatic carbocycles. The second kappa shape index (κ2) is 55.9. The van der Waals surface area contributed by atoms with Gasteiger partial charge in [-0.3, -0.25) is 33.9 Å². The van der Waals surface area contributed by atoms with Crippen molar-refractivity contribution in [2.24, 2.45) is 5.73 Å². The minimum Gasteiger partial charge on any atom is -0.478 e. The van der Waals surface area contributed by atoms with E-state index in [-0.39, 0.29) is 66.9 Å². The molecule has 10 heterocycles. The number of benzene rings is 8. The highest BCUT2D eigenvalue weighted by atomic mass is 79.9. The number of aromatic nitrogens is 2. The number of morpholine rings is 4. The Kier molecular flexibility index (Phi) is 43.6. The number of alkyl carbamates (subject to hydrolysis) is 2. The van der Waals surface area contributed by atoms with Crippen LogP contribution in [0.5, 0.6) is 0 Å². The third-order valence-corrected chi connectivity index (χ3v) is 23.6. The second-order valence-corrected chi connectivity index (χ2v) is 38.3.